The number of hydrogen-bond acceptors (Lipinski definition) is 3. The molecule has 1 rings (SSSR count). The van der Waals surface area contributed by atoms with Gasteiger partial charge in [0.25, 0.3) is 5.69 Å². The molecule has 0 saturated carbocycles. The van der Waals surface area contributed by atoms with Crippen LogP contribution >= 0.6 is 23.4 Å². The van der Waals surface area contributed by atoms with Crippen molar-refractivity contribution in [1.82, 2.24) is 0 Å². The summed E-state index contributed by atoms with van der Waals surface area (Å²) in [6.07, 6.45) is 0. The zero-order chi connectivity index (χ0) is 14.1. The van der Waals surface area contributed by atoms with Gasteiger partial charge in [0.15, 0.2) is 0 Å². The number of halogens is 1. The fourth-order valence-corrected chi connectivity index (χ4v) is 2.75. The van der Waals surface area contributed by atoms with Gasteiger partial charge in [0, 0.05) is 11.3 Å². The van der Waals surface area contributed by atoms with Gasteiger partial charge in [0.1, 0.15) is 4.90 Å². The molecule has 18 heavy (non-hydrogen) atoms. The topological polar surface area (TPSA) is 43.1 Å². The van der Waals surface area contributed by atoms with Crippen LogP contribution in [-0.2, 0) is 5.41 Å². The van der Waals surface area contributed by atoms with Gasteiger partial charge in [-0.2, -0.15) is 0 Å². The highest BCUT2D eigenvalue weighted by molar-refractivity contribution is 8.00. The fraction of sp³-hybridized carbons (Fsp3) is 0.538. The summed E-state index contributed by atoms with van der Waals surface area (Å²) in [6, 6.07) is 3.47. The van der Waals surface area contributed by atoms with Gasteiger partial charge in [0.05, 0.1) is 9.95 Å². The molecule has 0 saturated heterocycles. The Morgan fingerprint density at radius 3 is 2.28 bits per heavy atom. The Morgan fingerprint density at radius 2 is 1.89 bits per heavy atom. The first-order valence-corrected chi connectivity index (χ1v) is 7.03. The maximum Gasteiger partial charge on any atom is 0.284 e. The summed E-state index contributed by atoms with van der Waals surface area (Å²) in [5, 5.41) is 11.9. The van der Waals surface area contributed by atoms with Crippen molar-refractivity contribution < 1.29 is 4.92 Å². The van der Waals surface area contributed by atoms with Crippen molar-refractivity contribution in [1.29, 1.82) is 0 Å². The fourth-order valence-electron chi connectivity index (χ4n) is 1.50. The van der Waals surface area contributed by atoms with Gasteiger partial charge in [0.2, 0.25) is 0 Å². The molecule has 0 heterocycles. The van der Waals surface area contributed by atoms with E-state index >= 15 is 0 Å². The first-order chi connectivity index (χ1) is 8.12. The molecular weight excluding hydrogens is 270 g/mol. The van der Waals surface area contributed by atoms with Gasteiger partial charge in [-0.05, 0) is 17.0 Å². The molecule has 0 aliphatic rings. The SMILES string of the molecule is CC(C)Sc1c(Cl)cc(C(C)(C)C)cc1[N+](=O)[O-]. The normalized spacial score (nSPS) is 11.9. The van der Waals surface area contributed by atoms with E-state index in [2.05, 4.69) is 0 Å². The van der Waals surface area contributed by atoms with Crippen molar-refractivity contribution in [2.45, 2.75) is 50.2 Å². The number of hydrogen-bond donors (Lipinski definition) is 0. The van der Waals surface area contributed by atoms with E-state index in [4.69, 9.17) is 11.6 Å². The van der Waals surface area contributed by atoms with E-state index in [9.17, 15) is 10.1 Å². The Labute approximate surface area is 117 Å². The number of benzene rings is 1. The molecule has 0 radical (unpaired) electrons. The third kappa shape index (κ3) is 3.62. The third-order valence-corrected chi connectivity index (χ3v) is 3.99. The number of rotatable bonds is 3. The molecule has 0 amide bonds. The van der Waals surface area contributed by atoms with Gasteiger partial charge in [-0.3, -0.25) is 10.1 Å². The summed E-state index contributed by atoms with van der Waals surface area (Å²) >= 11 is 7.63. The molecule has 3 nitrogen and oxygen atoms in total. The van der Waals surface area contributed by atoms with E-state index in [1.165, 1.54) is 11.8 Å². The molecule has 0 atom stereocenters. The summed E-state index contributed by atoms with van der Waals surface area (Å²) in [7, 11) is 0. The third-order valence-electron chi connectivity index (χ3n) is 2.44. The second kappa shape index (κ2) is 5.49. The van der Waals surface area contributed by atoms with Crippen LogP contribution in [0.25, 0.3) is 0 Å². The lowest BCUT2D eigenvalue weighted by Crippen LogP contribution is -2.12. The Morgan fingerprint density at radius 1 is 1.33 bits per heavy atom. The molecule has 1 aromatic rings. The highest BCUT2D eigenvalue weighted by Gasteiger charge is 2.24. The summed E-state index contributed by atoms with van der Waals surface area (Å²) < 4.78 is 0. The van der Waals surface area contributed by atoms with Crippen LogP contribution in [-0.4, -0.2) is 10.2 Å². The quantitative estimate of drug-likeness (QED) is 0.444. The predicted octanol–water partition coefficient (Wildman–Crippen LogP) is 5.05. The van der Waals surface area contributed by atoms with E-state index in [0.717, 1.165) is 5.56 Å². The van der Waals surface area contributed by atoms with E-state index < -0.39 is 0 Å². The number of nitro groups is 1. The molecular formula is C13H18ClNO2S. The number of nitrogens with zero attached hydrogens (tertiary/aromatic N) is 1. The summed E-state index contributed by atoms with van der Waals surface area (Å²) in [4.78, 5) is 11.4. The highest BCUT2D eigenvalue weighted by Crippen LogP contribution is 2.41. The van der Waals surface area contributed by atoms with Crippen LogP contribution in [0.3, 0.4) is 0 Å². The van der Waals surface area contributed by atoms with Crippen molar-refractivity contribution in [3.05, 3.63) is 32.8 Å². The summed E-state index contributed by atoms with van der Waals surface area (Å²) in [6.45, 7) is 10.0. The van der Waals surface area contributed by atoms with E-state index in [0.29, 0.717) is 9.92 Å². The molecule has 0 aliphatic carbocycles. The second-order valence-electron chi connectivity index (χ2n) is 5.48. The van der Waals surface area contributed by atoms with Crippen LogP contribution < -0.4 is 0 Å². The largest absolute Gasteiger partial charge is 0.284 e. The maximum atomic E-state index is 11.2. The van der Waals surface area contributed by atoms with Crippen LogP contribution in [0.2, 0.25) is 5.02 Å². The van der Waals surface area contributed by atoms with Gasteiger partial charge in [-0.15, -0.1) is 11.8 Å². The molecule has 5 heteroatoms. The molecule has 0 bridgehead atoms. The van der Waals surface area contributed by atoms with Crippen LogP contribution in [0.1, 0.15) is 40.2 Å². The predicted molar refractivity (Wildman–Crippen MR) is 77.8 cm³/mol. The Bertz CT molecular complexity index is 467. The van der Waals surface area contributed by atoms with Crippen molar-refractivity contribution in [2.24, 2.45) is 0 Å². The number of thioether (sulfide) groups is 1. The Hall–Kier alpha value is -0.740. The molecule has 0 N–H and O–H groups in total. The van der Waals surface area contributed by atoms with E-state index in [-0.39, 0.29) is 21.3 Å². The molecule has 1 aromatic carbocycles. The van der Waals surface area contributed by atoms with Crippen molar-refractivity contribution >= 4 is 29.1 Å². The van der Waals surface area contributed by atoms with Crippen molar-refractivity contribution in [3.8, 4) is 0 Å². The molecule has 0 unspecified atom stereocenters. The summed E-state index contributed by atoms with van der Waals surface area (Å²) in [5.74, 6) is 0. The summed E-state index contributed by atoms with van der Waals surface area (Å²) in [5.41, 5.74) is 0.827. The maximum absolute atomic E-state index is 11.2. The highest BCUT2D eigenvalue weighted by atomic mass is 35.5. The molecule has 0 aliphatic heterocycles. The first-order valence-electron chi connectivity index (χ1n) is 5.78. The standard InChI is InChI=1S/C13H18ClNO2S/c1-8(2)18-12-10(14)6-9(13(3,4)5)7-11(12)15(16)17/h6-8H,1-5H3. The molecule has 0 aromatic heterocycles. The lowest BCUT2D eigenvalue weighted by molar-refractivity contribution is -0.387. The minimum atomic E-state index is -0.355. The van der Waals surface area contributed by atoms with Crippen molar-refractivity contribution in [3.63, 3.8) is 0 Å². The van der Waals surface area contributed by atoms with Crippen molar-refractivity contribution in [2.75, 3.05) is 0 Å². The van der Waals surface area contributed by atoms with Gasteiger partial charge in [-0.25, -0.2) is 0 Å². The zero-order valence-electron chi connectivity index (χ0n) is 11.3. The average molecular weight is 288 g/mol. The van der Waals surface area contributed by atoms with E-state index in [1.807, 2.05) is 40.7 Å². The van der Waals surface area contributed by atoms with Crippen LogP contribution in [0.15, 0.2) is 17.0 Å². The minimum absolute atomic E-state index is 0.103. The van der Waals surface area contributed by atoms with Gasteiger partial charge in [-0.1, -0.05) is 46.2 Å². The van der Waals surface area contributed by atoms with Crippen LogP contribution in [0, 0.1) is 10.1 Å². The van der Waals surface area contributed by atoms with Gasteiger partial charge >= 0.3 is 0 Å². The first kappa shape index (κ1) is 15.3. The monoisotopic (exact) mass is 287 g/mol. The smallest absolute Gasteiger partial charge is 0.258 e. The second-order valence-corrected chi connectivity index (χ2v) is 7.47. The minimum Gasteiger partial charge on any atom is -0.258 e. The molecule has 0 fully saturated rings. The number of nitro benzene ring substituents is 1. The molecule has 0 spiro atoms. The lowest BCUT2D eigenvalue weighted by atomic mass is 9.87. The van der Waals surface area contributed by atoms with Crippen LogP contribution in [0.5, 0.6) is 0 Å². The lowest BCUT2D eigenvalue weighted by Gasteiger charge is -2.20. The van der Waals surface area contributed by atoms with Crippen LogP contribution in [0.4, 0.5) is 5.69 Å². The zero-order valence-corrected chi connectivity index (χ0v) is 12.9. The Balaban J connectivity index is 3.41. The van der Waals surface area contributed by atoms with Gasteiger partial charge < -0.3 is 0 Å². The Kier molecular flexibility index (Phi) is 4.67. The molecule has 100 valence electrons. The average Bonchev–Trinajstić information content (AvgIpc) is 2.17. The van der Waals surface area contributed by atoms with E-state index in [1.54, 1.807) is 6.07 Å².